The Hall–Kier alpha value is -3.69. The first-order valence-electron chi connectivity index (χ1n) is 11.8. The summed E-state index contributed by atoms with van der Waals surface area (Å²) in [6.07, 6.45) is 0.603. The van der Waals surface area contributed by atoms with E-state index >= 15 is 0 Å². The molecule has 0 unspecified atom stereocenters. The lowest BCUT2D eigenvalue weighted by molar-refractivity contribution is 0.624. The third kappa shape index (κ3) is 4.60. The number of hydrogen-bond acceptors (Lipinski definition) is 6. The molecule has 0 N–H and O–H groups in total. The predicted octanol–water partition coefficient (Wildman–Crippen LogP) is 7.26. The second-order valence-corrected chi connectivity index (χ2v) is 10.7. The monoisotopic (exact) mass is 572 g/mol. The van der Waals surface area contributed by atoms with Gasteiger partial charge in [-0.1, -0.05) is 63.1 Å². The van der Waals surface area contributed by atoms with Crippen molar-refractivity contribution >= 4 is 38.1 Å². The van der Waals surface area contributed by atoms with Crippen LogP contribution in [0.5, 0.6) is 0 Å². The van der Waals surface area contributed by atoms with Crippen molar-refractivity contribution in [3.8, 4) is 16.9 Å². The van der Waals surface area contributed by atoms with Gasteiger partial charge in [-0.25, -0.2) is 19.1 Å². The predicted molar refractivity (Wildman–Crippen MR) is 149 cm³/mol. The van der Waals surface area contributed by atoms with Crippen LogP contribution in [0.2, 0.25) is 0 Å². The van der Waals surface area contributed by atoms with Crippen molar-refractivity contribution in [2.24, 2.45) is 5.10 Å². The second kappa shape index (κ2) is 9.64. The van der Waals surface area contributed by atoms with Crippen LogP contribution in [-0.2, 0) is 0 Å². The smallest absolute Gasteiger partial charge is 0.207 e. The Morgan fingerprint density at radius 3 is 2.41 bits per heavy atom. The quantitative estimate of drug-likeness (QED) is 0.222. The van der Waals surface area contributed by atoms with Gasteiger partial charge >= 0.3 is 0 Å². The Balaban J connectivity index is 1.38. The summed E-state index contributed by atoms with van der Waals surface area (Å²) in [5, 5.41) is 18.6. The molecular weight excluding hydrogens is 551 g/mol. The van der Waals surface area contributed by atoms with E-state index in [4.69, 9.17) is 10.1 Å². The number of hydrogen-bond donors (Lipinski definition) is 0. The third-order valence-electron chi connectivity index (χ3n) is 6.44. The average molecular weight is 573 g/mol. The summed E-state index contributed by atoms with van der Waals surface area (Å²) in [7, 11) is 0. The molecule has 2 aromatic heterocycles. The Morgan fingerprint density at radius 1 is 0.946 bits per heavy atom. The lowest BCUT2D eigenvalue weighted by Crippen LogP contribution is -2.18. The van der Waals surface area contributed by atoms with Crippen LogP contribution < -0.4 is 5.01 Å². The van der Waals surface area contributed by atoms with E-state index in [1.807, 2.05) is 70.5 Å². The number of thiazole rings is 1. The number of halogens is 2. The summed E-state index contributed by atoms with van der Waals surface area (Å²) in [6, 6.07) is 22.7. The summed E-state index contributed by atoms with van der Waals surface area (Å²) in [5.74, 6) is -0.266. The van der Waals surface area contributed by atoms with Crippen molar-refractivity contribution in [1.82, 2.24) is 20.0 Å². The lowest BCUT2D eigenvalue weighted by atomic mass is 10.0. The molecule has 184 valence electrons. The highest BCUT2D eigenvalue weighted by Crippen LogP contribution is 2.39. The summed E-state index contributed by atoms with van der Waals surface area (Å²) in [6.45, 7) is 4.06. The van der Waals surface area contributed by atoms with E-state index in [1.54, 1.807) is 0 Å². The van der Waals surface area contributed by atoms with Gasteiger partial charge in [0.1, 0.15) is 11.5 Å². The van der Waals surface area contributed by atoms with Gasteiger partial charge in [0, 0.05) is 21.8 Å². The van der Waals surface area contributed by atoms with Gasteiger partial charge in [-0.15, -0.1) is 16.4 Å². The summed E-state index contributed by atoms with van der Waals surface area (Å²) < 4.78 is 16.6. The van der Waals surface area contributed by atoms with Gasteiger partial charge in [0.05, 0.1) is 28.8 Å². The molecule has 3 aromatic carbocycles. The fraction of sp³-hybridized carbons (Fsp3) is 0.143. The molecule has 3 heterocycles. The van der Waals surface area contributed by atoms with Crippen LogP contribution in [0.25, 0.3) is 16.9 Å². The van der Waals surface area contributed by atoms with Gasteiger partial charge in [0.25, 0.3) is 0 Å². The van der Waals surface area contributed by atoms with Crippen LogP contribution in [-0.4, -0.2) is 25.7 Å². The molecule has 37 heavy (non-hydrogen) atoms. The van der Waals surface area contributed by atoms with Crippen molar-refractivity contribution < 1.29 is 4.39 Å². The van der Waals surface area contributed by atoms with E-state index in [1.165, 1.54) is 29.0 Å². The van der Waals surface area contributed by atoms with Crippen LogP contribution >= 0.6 is 27.3 Å². The van der Waals surface area contributed by atoms with Crippen molar-refractivity contribution in [2.75, 3.05) is 5.01 Å². The van der Waals surface area contributed by atoms with Crippen LogP contribution in [0.15, 0.2) is 87.8 Å². The van der Waals surface area contributed by atoms with Crippen molar-refractivity contribution in [3.63, 3.8) is 0 Å². The fourth-order valence-corrected chi connectivity index (χ4v) is 5.52. The Labute approximate surface area is 226 Å². The minimum atomic E-state index is -0.266. The van der Waals surface area contributed by atoms with E-state index in [-0.39, 0.29) is 11.9 Å². The third-order valence-corrected chi connectivity index (χ3v) is 7.80. The van der Waals surface area contributed by atoms with Crippen LogP contribution in [0.1, 0.15) is 35.0 Å². The Bertz CT molecular complexity index is 1590. The second-order valence-electron chi connectivity index (χ2n) is 8.96. The lowest BCUT2D eigenvalue weighted by Gasteiger charge is -2.21. The molecule has 0 amide bonds. The maximum Gasteiger partial charge on any atom is 0.207 e. The molecule has 6 nitrogen and oxygen atoms in total. The molecule has 9 heteroatoms. The minimum Gasteiger partial charge on any atom is -0.231 e. The topological polar surface area (TPSA) is 59.2 Å². The normalized spacial score (nSPS) is 15.3. The summed E-state index contributed by atoms with van der Waals surface area (Å²) >= 11 is 5.02. The molecule has 0 fully saturated rings. The molecule has 1 aliphatic rings. The Kier molecular flexibility index (Phi) is 6.18. The molecular formula is C28H22BrFN6S. The van der Waals surface area contributed by atoms with Crippen LogP contribution in [0.4, 0.5) is 9.52 Å². The van der Waals surface area contributed by atoms with Gasteiger partial charge < -0.3 is 0 Å². The van der Waals surface area contributed by atoms with Gasteiger partial charge in [0.2, 0.25) is 5.13 Å². The van der Waals surface area contributed by atoms with E-state index in [0.29, 0.717) is 6.42 Å². The number of benzene rings is 3. The van der Waals surface area contributed by atoms with Crippen LogP contribution in [0.3, 0.4) is 0 Å². The largest absolute Gasteiger partial charge is 0.231 e. The first-order valence-corrected chi connectivity index (χ1v) is 13.5. The zero-order valence-corrected chi connectivity index (χ0v) is 22.5. The number of nitrogens with zero attached hydrogens (tertiary/aromatic N) is 6. The summed E-state index contributed by atoms with van der Waals surface area (Å²) in [5.41, 5.74) is 7.50. The molecule has 0 aliphatic carbocycles. The molecule has 0 radical (unpaired) electrons. The van der Waals surface area contributed by atoms with E-state index in [0.717, 1.165) is 49.2 Å². The average Bonchev–Trinajstić information content (AvgIpc) is 3.64. The van der Waals surface area contributed by atoms with Gasteiger partial charge in [-0.2, -0.15) is 5.10 Å². The van der Waals surface area contributed by atoms with Crippen molar-refractivity contribution in [1.29, 1.82) is 0 Å². The molecule has 6 rings (SSSR count). The van der Waals surface area contributed by atoms with E-state index in [9.17, 15) is 4.39 Å². The van der Waals surface area contributed by atoms with Gasteiger partial charge in [-0.3, -0.25) is 0 Å². The highest BCUT2D eigenvalue weighted by Gasteiger charge is 2.34. The number of aromatic nitrogens is 4. The van der Waals surface area contributed by atoms with Crippen molar-refractivity contribution in [3.05, 3.63) is 111 Å². The molecule has 1 atom stereocenters. The van der Waals surface area contributed by atoms with E-state index in [2.05, 4.69) is 45.3 Å². The zero-order chi connectivity index (χ0) is 25.5. The molecule has 0 spiro atoms. The molecule has 1 aliphatic heterocycles. The zero-order valence-electron chi connectivity index (χ0n) is 20.1. The van der Waals surface area contributed by atoms with Crippen LogP contribution in [0, 0.1) is 19.7 Å². The SMILES string of the molecule is Cc1ccc(-n2nnc(C3=NN(c4nc(-c5ccc(Br)cc5)cs4)[C@@H](c4ccc(F)cc4)C3)c2C)cc1. The fourth-order valence-electron chi connectivity index (χ4n) is 4.42. The highest BCUT2D eigenvalue weighted by molar-refractivity contribution is 9.10. The number of anilines is 1. The molecule has 0 bridgehead atoms. The number of aryl methyl sites for hydroxylation is 1. The highest BCUT2D eigenvalue weighted by atomic mass is 79.9. The summed E-state index contributed by atoms with van der Waals surface area (Å²) in [4.78, 5) is 4.90. The van der Waals surface area contributed by atoms with Crippen molar-refractivity contribution in [2.45, 2.75) is 26.3 Å². The first-order chi connectivity index (χ1) is 18.0. The maximum absolute atomic E-state index is 13.7. The molecule has 5 aromatic rings. The minimum absolute atomic E-state index is 0.136. The number of hydrazone groups is 1. The Morgan fingerprint density at radius 2 is 1.68 bits per heavy atom. The molecule has 0 saturated heterocycles. The first kappa shape index (κ1) is 23.7. The molecule has 0 saturated carbocycles. The maximum atomic E-state index is 13.7. The number of rotatable bonds is 5. The standard InChI is InChI=1S/C28H22BrFN6S/c1-17-3-13-23(14-4-17)35-18(2)27(32-34-35)24-15-26(20-7-11-22(30)12-8-20)36(33-24)28-31-25(16-37-28)19-5-9-21(29)10-6-19/h3-14,16,26H,15H2,1-2H3/t26-/m1/s1. The van der Waals surface area contributed by atoms with Gasteiger partial charge in [0.15, 0.2) is 0 Å². The van der Waals surface area contributed by atoms with E-state index < -0.39 is 0 Å². The van der Waals surface area contributed by atoms with Gasteiger partial charge in [-0.05, 0) is 55.8 Å².